The third-order valence-corrected chi connectivity index (χ3v) is 6.65. The number of hydrazone groups is 1. The molecule has 5 nitrogen and oxygen atoms in total. The second kappa shape index (κ2) is 6.91. The van der Waals surface area contributed by atoms with Gasteiger partial charge in [-0.25, -0.2) is 0 Å². The molecular formula is C26H22N2O3. The molecule has 0 N–H and O–H groups in total. The van der Waals surface area contributed by atoms with E-state index < -0.39 is 22.7 Å². The maximum atomic E-state index is 14.1. The molecule has 2 aliphatic rings. The molecule has 0 saturated heterocycles. The van der Waals surface area contributed by atoms with Crippen molar-refractivity contribution in [1.82, 2.24) is 0 Å². The highest BCUT2D eigenvalue weighted by atomic mass is 16.5. The average Bonchev–Trinajstić information content (AvgIpc) is 3.41. The lowest BCUT2D eigenvalue weighted by Crippen LogP contribution is -2.35. The summed E-state index contributed by atoms with van der Waals surface area (Å²) in [5.41, 5.74) is 1.05. The minimum absolute atomic E-state index is 0.209. The van der Waals surface area contributed by atoms with E-state index in [4.69, 9.17) is 4.74 Å². The Kier molecular flexibility index (Phi) is 4.29. The Labute approximate surface area is 181 Å². The molecule has 1 aliphatic heterocycles. The number of benzene rings is 3. The van der Waals surface area contributed by atoms with Gasteiger partial charge in [-0.1, -0.05) is 78.9 Å². The van der Waals surface area contributed by atoms with Crippen LogP contribution in [0.1, 0.15) is 18.1 Å². The van der Waals surface area contributed by atoms with Crippen LogP contribution < -0.4 is 5.01 Å². The third kappa shape index (κ3) is 2.34. The number of carbonyl (C=O) groups excluding carboxylic acids is 2. The van der Waals surface area contributed by atoms with Crippen molar-refractivity contribution in [2.45, 2.75) is 12.3 Å². The molecule has 5 rings (SSSR count). The van der Waals surface area contributed by atoms with Crippen LogP contribution in [0, 0.1) is 11.3 Å². The Morgan fingerprint density at radius 3 is 1.81 bits per heavy atom. The molecular weight excluding hydrogens is 388 g/mol. The van der Waals surface area contributed by atoms with E-state index in [1.165, 1.54) is 12.1 Å². The predicted molar refractivity (Wildman–Crippen MR) is 119 cm³/mol. The lowest BCUT2D eigenvalue weighted by molar-refractivity contribution is -0.144. The standard InChI is InChI=1S/C26H22N2O3/c1-18-25(24(30)28(27-18)21-16-10-5-11-17-21)22(23(29)31-2)26(25,19-12-6-3-7-13-19)20-14-8-4-9-15-20/h3-17,22H,1-2H3. The molecule has 1 amide bonds. The lowest BCUT2D eigenvalue weighted by Gasteiger charge is -2.23. The zero-order valence-corrected chi connectivity index (χ0v) is 17.4. The Morgan fingerprint density at radius 2 is 1.32 bits per heavy atom. The maximum Gasteiger partial charge on any atom is 0.311 e. The van der Waals surface area contributed by atoms with Gasteiger partial charge in [-0.3, -0.25) is 9.59 Å². The van der Waals surface area contributed by atoms with Crippen molar-refractivity contribution in [3.63, 3.8) is 0 Å². The normalized spacial score (nSPS) is 23.5. The zero-order chi connectivity index (χ0) is 21.6. The molecule has 1 saturated carbocycles. The molecule has 0 aromatic heterocycles. The number of methoxy groups -OCH3 is 1. The van der Waals surface area contributed by atoms with Gasteiger partial charge in [0, 0.05) is 0 Å². The molecule has 154 valence electrons. The fourth-order valence-corrected chi connectivity index (χ4v) is 5.43. The van der Waals surface area contributed by atoms with Gasteiger partial charge in [-0.15, -0.1) is 0 Å². The zero-order valence-electron chi connectivity index (χ0n) is 17.4. The van der Waals surface area contributed by atoms with Gasteiger partial charge >= 0.3 is 5.97 Å². The minimum Gasteiger partial charge on any atom is -0.469 e. The molecule has 0 radical (unpaired) electrons. The highest BCUT2D eigenvalue weighted by Crippen LogP contribution is 2.75. The quantitative estimate of drug-likeness (QED) is 0.606. The van der Waals surface area contributed by atoms with Crippen LogP contribution in [-0.4, -0.2) is 24.7 Å². The van der Waals surface area contributed by atoms with Crippen LogP contribution in [0.25, 0.3) is 0 Å². The molecule has 5 heteroatoms. The van der Waals surface area contributed by atoms with E-state index in [1.54, 1.807) is 0 Å². The van der Waals surface area contributed by atoms with Gasteiger partial charge in [0.25, 0.3) is 5.91 Å². The summed E-state index contributed by atoms with van der Waals surface area (Å²) in [7, 11) is 1.37. The Balaban J connectivity index is 1.78. The van der Waals surface area contributed by atoms with E-state index >= 15 is 0 Å². The third-order valence-electron chi connectivity index (χ3n) is 6.65. The largest absolute Gasteiger partial charge is 0.469 e. The van der Waals surface area contributed by atoms with E-state index in [-0.39, 0.29) is 5.91 Å². The first-order valence-electron chi connectivity index (χ1n) is 10.2. The summed E-state index contributed by atoms with van der Waals surface area (Å²) in [6.45, 7) is 1.84. The van der Waals surface area contributed by atoms with Crippen molar-refractivity contribution in [3.05, 3.63) is 102 Å². The van der Waals surface area contributed by atoms with Crippen molar-refractivity contribution < 1.29 is 14.3 Å². The van der Waals surface area contributed by atoms with Gasteiger partial charge in [0.15, 0.2) is 0 Å². The molecule has 1 aliphatic carbocycles. The predicted octanol–water partition coefficient (Wildman–Crippen LogP) is 4.18. The first-order valence-corrected chi connectivity index (χ1v) is 10.2. The number of carbonyl (C=O) groups is 2. The summed E-state index contributed by atoms with van der Waals surface area (Å²) < 4.78 is 5.23. The van der Waals surface area contributed by atoms with Crippen LogP contribution in [0.3, 0.4) is 0 Å². The summed E-state index contributed by atoms with van der Waals surface area (Å²) in [5.74, 6) is -1.33. The second-order valence-electron chi connectivity index (χ2n) is 7.94. The number of esters is 1. The molecule has 1 fully saturated rings. The van der Waals surface area contributed by atoms with Gasteiger partial charge in [0.2, 0.25) is 0 Å². The van der Waals surface area contributed by atoms with E-state index in [1.807, 2.05) is 97.9 Å². The van der Waals surface area contributed by atoms with Gasteiger partial charge in [-0.05, 0) is 30.2 Å². The molecule has 31 heavy (non-hydrogen) atoms. The van der Waals surface area contributed by atoms with Crippen molar-refractivity contribution in [3.8, 4) is 0 Å². The van der Waals surface area contributed by atoms with Crippen molar-refractivity contribution in [2.75, 3.05) is 12.1 Å². The molecule has 1 heterocycles. The van der Waals surface area contributed by atoms with Crippen molar-refractivity contribution in [2.24, 2.45) is 16.4 Å². The summed E-state index contributed by atoms with van der Waals surface area (Å²) in [5, 5.41) is 6.09. The van der Waals surface area contributed by atoms with Crippen LogP contribution >= 0.6 is 0 Å². The second-order valence-corrected chi connectivity index (χ2v) is 7.94. The highest BCUT2D eigenvalue weighted by molar-refractivity contribution is 6.27. The van der Waals surface area contributed by atoms with Crippen LogP contribution in [0.4, 0.5) is 5.69 Å². The summed E-state index contributed by atoms with van der Waals surface area (Å²) >= 11 is 0. The van der Waals surface area contributed by atoms with Crippen LogP contribution in [0.15, 0.2) is 96.1 Å². The molecule has 3 aromatic carbocycles. The molecule has 3 aromatic rings. The van der Waals surface area contributed by atoms with Gasteiger partial charge < -0.3 is 4.74 Å². The Hall–Kier alpha value is -3.73. The SMILES string of the molecule is COC(=O)C1C2(C(=O)N(c3ccccc3)N=C2C)C1(c1ccccc1)c1ccccc1. The van der Waals surface area contributed by atoms with Gasteiger partial charge in [-0.2, -0.15) is 10.1 Å². The van der Waals surface area contributed by atoms with Crippen LogP contribution in [0.2, 0.25) is 0 Å². The number of amides is 1. The van der Waals surface area contributed by atoms with Crippen LogP contribution in [-0.2, 0) is 19.7 Å². The Bertz CT molecular complexity index is 1140. The number of ether oxygens (including phenoxy) is 1. The number of nitrogens with zero attached hydrogens (tertiary/aromatic N) is 2. The highest BCUT2D eigenvalue weighted by Gasteiger charge is 2.88. The molecule has 1 spiro atoms. The number of hydrogen-bond acceptors (Lipinski definition) is 4. The topological polar surface area (TPSA) is 59.0 Å². The van der Waals surface area contributed by atoms with Crippen molar-refractivity contribution in [1.29, 1.82) is 0 Å². The fraction of sp³-hybridized carbons (Fsp3) is 0.192. The first-order chi connectivity index (χ1) is 15.1. The fourth-order valence-electron chi connectivity index (χ4n) is 5.43. The number of hydrogen-bond donors (Lipinski definition) is 0. The smallest absolute Gasteiger partial charge is 0.311 e. The number of rotatable bonds is 4. The summed E-state index contributed by atoms with van der Waals surface area (Å²) in [6, 6.07) is 28.8. The van der Waals surface area contributed by atoms with E-state index in [0.29, 0.717) is 11.4 Å². The summed E-state index contributed by atoms with van der Waals surface area (Å²) in [6.07, 6.45) is 0. The number of anilines is 1. The van der Waals surface area contributed by atoms with Gasteiger partial charge in [0.05, 0.1) is 29.8 Å². The molecule has 0 bridgehead atoms. The maximum absolute atomic E-state index is 14.1. The van der Waals surface area contributed by atoms with E-state index in [0.717, 1.165) is 11.1 Å². The lowest BCUT2D eigenvalue weighted by atomic mass is 9.78. The molecule has 2 unspecified atom stereocenters. The Morgan fingerprint density at radius 1 is 0.839 bits per heavy atom. The summed E-state index contributed by atoms with van der Waals surface area (Å²) in [4.78, 5) is 27.3. The molecule has 2 atom stereocenters. The minimum atomic E-state index is -1.14. The van der Waals surface area contributed by atoms with Gasteiger partial charge in [0.1, 0.15) is 5.41 Å². The number of para-hydroxylation sites is 1. The van der Waals surface area contributed by atoms with Crippen molar-refractivity contribution >= 4 is 23.3 Å². The average molecular weight is 410 g/mol. The van der Waals surface area contributed by atoms with Crippen LogP contribution in [0.5, 0.6) is 0 Å². The first kappa shape index (κ1) is 19.2. The monoisotopic (exact) mass is 410 g/mol. The van der Waals surface area contributed by atoms with E-state index in [2.05, 4.69) is 5.10 Å². The van der Waals surface area contributed by atoms with E-state index in [9.17, 15) is 9.59 Å².